The number of alkyl halides is 2. The van der Waals surface area contributed by atoms with Gasteiger partial charge in [-0.1, -0.05) is 0 Å². The number of hydrogen-bond donors (Lipinski definition) is 2. The van der Waals surface area contributed by atoms with Gasteiger partial charge in [-0.3, -0.25) is 0 Å². The van der Waals surface area contributed by atoms with Crippen LogP contribution in [0.1, 0.15) is 12.8 Å². The van der Waals surface area contributed by atoms with Crippen molar-refractivity contribution >= 4 is 7.32 Å². The minimum Gasteiger partial charge on any atom is -0.402 e. The molecule has 3 nitrogen and oxygen atoms in total. The summed E-state index contributed by atoms with van der Waals surface area (Å²) in [5, 5.41) is 16.3. The van der Waals surface area contributed by atoms with Gasteiger partial charge in [0.1, 0.15) is 0 Å². The molecule has 0 aromatic heterocycles. The van der Waals surface area contributed by atoms with Crippen LogP contribution in [0, 0.1) is 0 Å². The summed E-state index contributed by atoms with van der Waals surface area (Å²) in [4.78, 5) is 0. The van der Waals surface area contributed by atoms with E-state index in [-0.39, 0.29) is 0 Å². The van der Waals surface area contributed by atoms with Crippen LogP contribution in [0.2, 0.25) is 0 Å². The number of halogens is 2. The molecule has 0 aromatic carbocycles. The van der Waals surface area contributed by atoms with Gasteiger partial charge in [0.05, 0.1) is 6.10 Å². The smallest absolute Gasteiger partial charge is 0.402 e. The summed E-state index contributed by atoms with van der Waals surface area (Å²) in [6.45, 7) is 0. The van der Waals surface area contributed by atoms with E-state index in [2.05, 4.69) is 4.65 Å². The van der Waals surface area contributed by atoms with E-state index in [1.54, 1.807) is 0 Å². The first-order chi connectivity index (χ1) is 4.49. The Labute approximate surface area is 56.8 Å². The molecule has 58 valence electrons. The molecule has 6 heteroatoms. The highest BCUT2D eigenvalue weighted by Gasteiger charge is 2.47. The lowest BCUT2D eigenvalue weighted by molar-refractivity contribution is -0.143. The SMILES string of the molecule is OB(O)OC1CC(F)(F)C1. The summed E-state index contributed by atoms with van der Waals surface area (Å²) in [6, 6.07) is 0. The Kier molecular flexibility index (Phi) is 1.93. The van der Waals surface area contributed by atoms with Gasteiger partial charge >= 0.3 is 7.32 Å². The minimum absolute atomic E-state index is 0.412. The molecule has 1 aliphatic rings. The Bertz CT molecular complexity index is 119. The maximum absolute atomic E-state index is 12.0. The Hall–Kier alpha value is -0.195. The van der Waals surface area contributed by atoms with E-state index in [4.69, 9.17) is 10.0 Å². The van der Waals surface area contributed by atoms with Gasteiger partial charge in [-0.05, 0) is 0 Å². The molecule has 0 aliphatic heterocycles. The zero-order valence-electron chi connectivity index (χ0n) is 5.13. The predicted octanol–water partition coefficient (Wildman–Crippen LogP) is -0.230. The first-order valence-corrected chi connectivity index (χ1v) is 2.89. The Balaban J connectivity index is 2.15. The standard InChI is InChI=1S/C4H7BF2O3/c6-4(7)1-3(2-4)10-5(8)9/h3,8-9H,1-2H2. The van der Waals surface area contributed by atoms with Crippen LogP contribution in [-0.4, -0.2) is 29.4 Å². The molecule has 1 fully saturated rings. The molecule has 1 rings (SSSR count). The lowest BCUT2D eigenvalue weighted by Gasteiger charge is -2.34. The molecule has 0 bridgehead atoms. The first kappa shape index (κ1) is 7.91. The fraction of sp³-hybridized carbons (Fsp3) is 1.00. The summed E-state index contributed by atoms with van der Waals surface area (Å²) in [6.07, 6.45) is -1.52. The van der Waals surface area contributed by atoms with Crippen LogP contribution in [0.25, 0.3) is 0 Å². The number of rotatable bonds is 2. The lowest BCUT2D eigenvalue weighted by Crippen LogP contribution is -2.44. The third kappa shape index (κ3) is 1.90. The van der Waals surface area contributed by atoms with E-state index in [0.717, 1.165) is 0 Å². The van der Waals surface area contributed by atoms with Gasteiger partial charge in [0, 0.05) is 12.8 Å². The molecule has 0 aromatic rings. The van der Waals surface area contributed by atoms with E-state index < -0.39 is 32.2 Å². The van der Waals surface area contributed by atoms with Crippen LogP contribution >= 0.6 is 0 Å². The van der Waals surface area contributed by atoms with Crippen molar-refractivity contribution in [1.29, 1.82) is 0 Å². The van der Waals surface area contributed by atoms with Crippen molar-refractivity contribution < 1.29 is 23.5 Å². The van der Waals surface area contributed by atoms with Crippen molar-refractivity contribution in [2.75, 3.05) is 0 Å². The van der Waals surface area contributed by atoms with Crippen LogP contribution in [0.3, 0.4) is 0 Å². The Morgan fingerprint density at radius 2 is 1.90 bits per heavy atom. The fourth-order valence-electron chi connectivity index (χ4n) is 0.875. The van der Waals surface area contributed by atoms with Crippen LogP contribution in [0.5, 0.6) is 0 Å². The molecule has 0 spiro atoms. The van der Waals surface area contributed by atoms with Crippen LogP contribution in [0.4, 0.5) is 8.78 Å². The molecule has 0 atom stereocenters. The van der Waals surface area contributed by atoms with E-state index in [0.29, 0.717) is 0 Å². The molecular weight excluding hydrogens is 145 g/mol. The molecule has 1 saturated carbocycles. The summed E-state index contributed by atoms with van der Waals surface area (Å²) in [5.41, 5.74) is 0. The van der Waals surface area contributed by atoms with Gasteiger partial charge in [-0.15, -0.1) is 0 Å². The van der Waals surface area contributed by atoms with Gasteiger partial charge in [0.15, 0.2) is 0 Å². The second-order valence-electron chi connectivity index (χ2n) is 2.35. The van der Waals surface area contributed by atoms with Crippen LogP contribution < -0.4 is 0 Å². The van der Waals surface area contributed by atoms with Crippen molar-refractivity contribution in [3.63, 3.8) is 0 Å². The average molecular weight is 152 g/mol. The third-order valence-electron chi connectivity index (χ3n) is 1.37. The molecule has 1 aliphatic carbocycles. The van der Waals surface area contributed by atoms with E-state index in [9.17, 15) is 8.78 Å². The third-order valence-corrected chi connectivity index (χ3v) is 1.37. The second-order valence-corrected chi connectivity index (χ2v) is 2.35. The van der Waals surface area contributed by atoms with Crippen molar-refractivity contribution in [2.45, 2.75) is 24.9 Å². The molecule has 0 saturated heterocycles. The molecule has 2 N–H and O–H groups in total. The fourth-order valence-corrected chi connectivity index (χ4v) is 0.875. The Morgan fingerprint density at radius 3 is 2.20 bits per heavy atom. The lowest BCUT2D eigenvalue weighted by atomic mass is 9.90. The Morgan fingerprint density at radius 1 is 1.40 bits per heavy atom. The van der Waals surface area contributed by atoms with Gasteiger partial charge in [-0.2, -0.15) is 0 Å². The zero-order chi connectivity index (χ0) is 7.78. The van der Waals surface area contributed by atoms with Gasteiger partial charge < -0.3 is 14.7 Å². The highest BCUT2D eigenvalue weighted by Crippen LogP contribution is 2.39. The van der Waals surface area contributed by atoms with Crippen LogP contribution in [0.15, 0.2) is 0 Å². The number of hydrogen-bond acceptors (Lipinski definition) is 3. The maximum Gasteiger partial charge on any atom is 0.634 e. The largest absolute Gasteiger partial charge is 0.634 e. The highest BCUT2D eigenvalue weighted by atomic mass is 19.3. The van der Waals surface area contributed by atoms with Gasteiger partial charge in [0.2, 0.25) is 0 Å². The van der Waals surface area contributed by atoms with E-state index in [1.807, 2.05) is 0 Å². The molecule has 0 heterocycles. The molecule has 0 radical (unpaired) electrons. The average Bonchev–Trinajstić information content (AvgIpc) is 1.57. The first-order valence-electron chi connectivity index (χ1n) is 2.89. The van der Waals surface area contributed by atoms with E-state index >= 15 is 0 Å². The topological polar surface area (TPSA) is 49.7 Å². The molecular formula is C4H7BF2O3. The monoisotopic (exact) mass is 152 g/mol. The second kappa shape index (κ2) is 2.45. The van der Waals surface area contributed by atoms with Crippen LogP contribution in [-0.2, 0) is 4.65 Å². The van der Waals surface area contributed by atoms with Gasteiger partial charge in [-0.25, -0.2) is 8.78 Å². The molecule has 0 unspecified atom stereocenters. The summed E-state index contributed by atoms with van der Waals surface area (Å²) < 4.78 is 28.2. The minimum atomic E-state index is -2.67. The predicted molar refractivity (Wildman–Crippen MR) is 29.2 cm³/mol. The van der Waals surface area contributed by atoms with Crippen molar-refractivity contribution in [3.8, 4) is 0 Å². The summed E-state index contributed by atoms with van der Waals surface area (Å²) in [7, 11) is -1.93. The maximum atomic E-state index is 12.0. The summed E-state index contributed by atoms with van der Waals surface area (Å²) >= 11 is 0. The molecule has 0 amide bonds. The highest BCUT2D eigenvalue weighted by molar-refractivity contribution is 6.32. The van der Waals surface area contributed by atoms with Crippen molar-refractivity contribution in [2.24, 2.45) is 0 Å². The quantitative estimate of drug-likeness (QED) is 0.537. The summed E-state index contributed by atoms with van der Waals surface area (Å²) in [5.74, 6) is -2.67. The van der Waals surface area contributed by atoms with Gasteiger partial charge in [0.25, 0.3) is 5.92 Å². The molecule has 10 heavy (non-hydrogen) atoms. The van der Waals surface area contributed by atoms with Crippen molar-refractivity contribution in [1.82, 2.24) is 0 Å². The zero-order valence-corrected chi connectivity index (χ0v) is 5.13. The normalized spacial score (nSPS) is 24.0. The van der Waals surface area contributed by atoms with E-state index in [1.165, 1.54) is 0 Å². The van der Waals surface area contributed by atoms with Crippen molar-refractivity contribution in [3.05, 3.63) is 0 Å².